The number of amides is 1. The zero-order valence-corrected chi connectivity index (χ0v) is 15.7. The molecule has 2 atom stereocenters. The second kappa shape index (κ2) is 7.39. The summed E-state index contributed by atoms with van der Waals surface area (Å²) in [5.74, 6) is 0.324. The highest BCUT2D eigenvalue weighted by Gasteiger charge is 2.39. The van der Waals surface area contributed by atoms with Crippen molar-refractivity contribution in [2.45, 2.75) is 25.4 Å². The first-order valence-electron chi connectivity index (χ1n) is 8.65. The number of hydrogen-bond acceptors (Lipinski definition) is 5. The smallest absolute Gasteiger partial charge is 0.237 e. The molecule has 25 heavy (non-hydrogen) atoms. The van der Waals surface area contributed by atoms with Crippen LogP contribution in [0.15, 0.2) is 24.5 Å². The lowest BCUT2D eigenvalue weighted by atomic mass is 9.95. The summed E-state index contributed by atoms with van der Waals surface area (Å²) in [6, 6.07) is 3.88. The van der Waals surface area contributed by atoms with Gasteiger partial charge in [-0.2, -0.15) is 4.31 Å². The topological polar surface area (TPSA) is 73.8 Å². The van der Waals surface area contributed by atoms with E-state index in [0.717, 1.165) is 18.4 Å². The summed E-state index contributed by atoms with van der Waals surface area (Å²) in [4.78, 5) is 20.7. The van der Waals surface area contributed by atoms with Gasteiger partial charge in [0.25, 0.3) is 0 Å². The van der Waals surface area contributed by atoms with Crippen molar-refractivity contribution in [3.63, 3.8) is 0 Å². The van der Waals surface area contributed by atoms with Crippen LogP contribution in [0.25, 0.3) is 0 Å². The Labute approximate surface area is 149 Å². The molecule has 2 bridgehead atoms. The standard InChI is InChI=1S/C17H26N4O3S/c1-19(9-14-5-7-18-8-6-14)13-17(22)21-11-15-3-4-16(21)12-20(10-15)25(2,23)24/h5-8,15-16H,3-4,9-13H2,1-2H3/t15-,16+/m0/s1. The zero-order chi connectivity index (χ0) is 18.0. The summed E-state index contributed by atoms with van der Waals surface area (Å²) >= 11 is 0. The first-order valence-corrected chi connectivity index (χ1v) is 10.5. The summed E-state index contributed by atoms with van der Waals surface area (Å²) < 4.78 is 25.4. The van der Waals surface area contributed by atoms with E-state index in [2.05, 4.69) is 4.98 Å². The number of pyridine rings is 1. The second-order valence-corrected chi connectivity index (χ2v) is 9.23. The van der Waals surface area contributed by atoms with Gasteiger partial charge in [-0.05, 0) is 43.5 Å². The first-order chi connectivity index (χ1) is 11.8. The van der Waals surface area contributed by atoms with E-state index in [9.17, 15) is 13.2 Å². The Morgan fingerprint density at radius 1 is 1.24 bits per heavy atom. The van der Waals surface area contributed by atoms with Gasteiger partial charge in [-0.3, -0.25) is 14.7 Å². The molecule has 1 aromatic rings. The van der Waals surface area contributed by atoms with Gasteiger partial charge < -0.3 is 4.90 Å². The Morgan fingerprint density at radius 2 is 1.96 bits per heavy atom. The van der Waals surface area contributed by atoms with Gasteiger partial charge in [-0.1, -0.05) is 0 Å². The lowest BCUT2D eigenvalue weighted by Gasteiger charge is -2.37. The van der Waals surface area contributed by atoms with E-state index >= 15 is 0 Å². The second-order valence-electron chi connectivity index (χ2n) is 7.25. The Bertz CT molecular complexity index is 710. The third-order valence-electron chi connectivity index (χ3n) is 5.08. The third kappa shape index (κ3) is 4.56. The van der Waals surface area contributed by atoms with E-state index < -0.39 is 10.0 Å². The molecule has 3 aliphatic heterocycles. The fourth-order valence-corrected chi connectivity index (χ4v) is 4.72. The van der Waals surface area contributed by atoms with Crippen LogP contribution < -0.4 is 0 Å². The molecule has 3 aliphatic rings. The minimum atomic E-state index is -3.21. The molecule has 0 saturated carbocycles. The highest BCUT2D eigenvalue weighted by atomic mass is 32.2. The molecular formula is C17H26N4O3S. The van der Waals surface area contributed by atoms with Crippen molar-refractivity contribution in [3.05, 3.63) is 30.1 Å². The van der Waals surface area contributed by atoms with Gasteiger partial charge in [0.1, 0.15) is 0 Å². The monoisotopic (exact) mass is 366 g/mol. The maximum absolute atomic E-state index is 12.8. The van der Waals surface area contributed by atoms with Crippen LogP contribution >= 0.6 is 0 Å². The fraction of sp³-hybridized carbons (Fsp3) is 0.647. The molecule has 0 aromatic carbocycles. The Balaban J connectivity index is 1.62. The Kier molecular flexibility index (Phi) is 5.41. The number of piperidine rings is 1. The van der Waals surface area contributed by atoms with Crippen LogP contribution in [0.2, 0.25) is 0 Å². The van der Waals surface area contributed by atoms with E-state index in [1.165, 1.54) is 6.26 Å². The minimum absolute atomic E-state index is 0.00435. The van der Waals surface area contributed by atoms with Gasteiger partial charge in [0.15, 0.2) is 0 Å². The van der Waals surface area contributed by atoms with Crippen LogP contribution in [0.3, 0.4) is 0 Å². The molecular weight excluding hydrogens is 340 g/mol. The van der Waals surface area contributed by atoms with Gasteiger partial charge in [-0.25, -0.2) is 8.42 Å². The number of hydrogen-bond donors (Lipinski definition) is 0. The maximum atomic E-state index is 12.8. The average molecular weight is 366 g/mol. The summed E-state index contributed by atoms with van der Waals surface area (Å²) in [5.41, 5.74) is 1.12. The van der Waals surface area contributed by atoms with Gasteiger partial charge in [0.05, 0.1) is 12.8 Å². The van der Waals surface area contributed by atoms with Crippen molar-refractivity contribution < 1.29 is 13.2 Å². The number of rotatable bonds is 5. The minimum Gasteiger partial charge on any atom is -0.337 e. The summed E-state index contributed by atoms with van der Waals surface area (Å²) in [7, 11) is -1.28. The van der Waals surface area contributed by atoms with E-state index in [1.54, 1.807) is 16.7 Å². The molecule has 0 spiro atoms. The van der Waals surface area contributed by atoms with Crippen molar-refractivity contribution in [2.75, 3.05) is 39.5 Å². The number of likely N-dealkylation sites (N-methyl/N-ethyl adjacent to an activating group) is 1. The lowest BCUT2D eigenvalue weighted by molar-refractivity contribution is -0.136. The molecule has 0 unspecified atom stereocenters. The van der Waals surface area contributed by atoms with Gasteiger partial charge in [-0.15, -0.1) is 0 Å². The van der Waals surface area contributed by atoms with Crippen LogP contribution in [0, 0.1) is 5.92 Å². The number of aromatic nitrogens is 1. The Hall–Kier alpha value is -1.51. The van der Waals surface area contributed by atoms with Crippen molar-refractivity contribution in [1.29, 1.82) is 0 Å². The van der Waals surface area contributed by atoms with E-state index in [4.69, 9.17) is 0 Å². The van der Waals surface area contributed by atoms with E-state index in [1.807, 2.05) is 29.0 Å². The number of sulfonamides is 1. The Morgan fingerprint density at radius 3 is 2.64 bits per heavy atom. The van der Waals surface area contributed by atoms with Crippen molar-refractivity contribution >= 4 is 15.9 Å². The third-order valence-corrected chi connectivity index (χ3v) is 6.31. The quantitative estimate of drug-likeness (QED) is 0.754. The van der Waals surface area contributed by atoms with Crippen molar-refractivity contribution in [3.8, 4) is 0 Å². The molecule has 7 nitrogen and oxygen atoms in total. The van der Waals surface area contributed by atoms with Gasteiger partial charge in [0, 0.05) is 44.6 Å². The molecule has 138 valence electrons. The van der Waals surface area contributed by atoms with Gasteiger partial charge in [0.2, 0.25) is 15.9 Å². The predicted molar refractivity (Wildman–Crippen MR) is 95.2 cm³/mol. The molecule has 3 fully saturated rings. The lowest BCUT2D eigenvalue weighted by Crippen LogP contribution is -2.50. The molecule has 4 rings (SSSR count). The SMILES string of the molecule is CN(CC(=O)N1C[C@H]2CC[C@@H]1CN(S(C)(=O)=O)C2)Cc1ccncc1. The van der Waals surface area contributed by atoms with Crippen LogP contribution in [0.1, 0.15) is 18.4 Å². The van der Waals surface area contributed by atoms with Crippen LogP contribution in [-0.4, -0.2) is 78.9 Å². The molecule has 0 radical (unpaired) electrons. The first kappa shape index (κ1) is 18.3. The highest BCUT2D eigenvalue weighted by Crippen LogP contribution is 2.29. The number of carbonyl (C=O) groups excluding carboxylic acids is 1. The van der Waals surface area contributed by atoms with Gasteiger partial charge >= 0.3 is 0 Å². The van der Waals surface area contributed by atoms with Crippen molar-refractivity contribution in [2.24, 2.45) is 5.92 Å². The largest absolute Gasteiger partial charge is 0.337 e. The zero-order valence-electron chi connectivity index (χ0n) is 14.8. The predicted octanol–water partition coefficient (Wildman–Crippen LogP) is 0.396. The van der Waals surface area contributed by atoms with Crippen LogP contribution in [0.4, 0.5) is 0 Å². The highest BCUT2D eigenvalue weighted by molar-refractivity contribution is 7.88. The summed E-state index contributed by atoms with van der Waals surface area (Å²) in [6.45, 7) is 2.65. The number of nitrogens with zero attached hydrogens (tertiary/aromatic N) is 4. The number of carbonyl (C=O) groups is 1. The molecule has 1 amide bonds. The normalized spacial score (nSPS) is 24.5. The molecule has 8 heteroatoms. The molecule has 0 N–H and O–H groups in total. The maximum Gasteiger partial charge on any atom is 0.237 e. The van der Waals surface area contributed by atoms with E-state index in [-0.39, 0.29) is 17.9 Å². The van der Waals surface area contributed by atoms with Crippen molar-refractivity contribution in [1.82, 2.24) is 19.1 Å². The molecule has 4 heterocycles. The van der Waals surface area contributed by atoms with E-state index in [0.29, 0.717) is 32.7 Å². The molecule has 3 saturated heterocycles. The molecule has 1 aromatic heterocycles. The van der Waals surface area contributed by atoms with Crippen LogP contribution in [0.5, 0.6) is 0 Å². The summed E-state index contributed by atoms with van der Waals surface area (Å²) in [6.07, 6.45) is 6.63. The number of fused-ring (bicyclic) bond motifs is 4. The molecule has 0 aliphatic carbocycles. The van der Waals surface area contributed by atoms with Crippen LogP contribution in [-0.2, 0) is 21.4 Å². The average Bonchev–Trinajstić information content (AvgIpc) is 2.87. The fourth-order valence-electron chi connectivity index (χ4n) is 3.79. The summed E-state index contributed by atoms with van der Waals surface area (Å²) in [5, 5.41) is 0.